The number of carboxylic acid groups (broad SMARTS) is 1. The summed E-state index contributed by atoms with van der Waals surface area (Å²) in [6.45, 7) is 0. The molecule has 0 spiro atoms. The molecule has 0 aliphatic carbocycles. The topological polar surface area (TPSA) is 50.2 Å². The molecule has 0 atom stereocenters. The van der Waals surface area contributed by atoms with Crippen LogP contribution in [0.15, 0.2) is 41.6 Å². The van der Waals surface area contributed by atoms with E-state index in [0.717, 1.165) is 17.8 Å². The van der Waals surface area contributed by atoms with Gasteiger partial charge in [0.05, 0.1) is 5.56 Å². The van der Waals surface area contributed by atoms with Gasteiger partial charge in [0, 0.05) is 17.5 Å². The van der Waals surface area contributed by atoms with Crippen LogP contribution in [0.2, 0.25) is 0 Å². The van der Waals surface area contributed by atoms with Crippen LogP contribution in [0, 0.1) is 11.6 Å². The van der Waals surface area contributed by atoms with E-state index in [1.807, 2.05) is 0 Å². The molecule has 0 saturated heterocycles. The number of hydrogen-bond donors (Lipinski definition) is 1. The number of nitrogens with zero attached hydrogens (tertiary/aromatic N) is 1. The first-order valence-electron chi connectivity index (χ1n) is 5.33. The monoisotopic (exact) mass is 281 g/mol. The number of carboxylic acids is 1. The number of halogens is 2. The Hall–Kier alpha value is -1.95. The second-order valence-corrected chi connectivity index (χ2v) is 4.63. The van der Waals surface area contributed by atoms with E-state index in [1.54, 1.807) is 0 Å². The van der Waals surface area contributed by atoms with E-state index in [9.17, 15) is 13.6 Å². The lowest BCUT2D eigenvalue weighted by atomic mass is 10.2. The Morgan fingerprint density at radius 2 is 2.05 bits per heavy atom. The highest BCUT2D eigenvalue weighted by molar-refractivity contribution is 7.98. The Kier molecular flexibility index (Phi) is 4.11. The van der Waals surface area contributed by atoms with E-state index in [-0.39, 0.29) is 21.9 Å². The standard InChI is InChI=1S/C13H9F2NO2S/c14-10-5-1-3-8(11(10)15)7-19-12-9(13(17)18)4-2-6-16-12/h1-6H,7H2,(H,17,18). The van der Waals surface area contributed by atoms with Crippen molar-refractivity contribution in [3.63, 3.8) is 0 Å². The number of rotatable bonds is 4. The molecule has 0 radical (unpaired) electrons. The van der Waals surface area contributed by atoms with Crippen LogP contribution in [-0.2, 0) is 5.75 Å². The van der Waals surface area contributed by atoms with Gasteiger partial charge < -0.3 is 5.11 Å². The maximum atomic E-state index is 13.4. The van der Waals surface area contributed by atoms with Crippen LogP contribution in [0.3, 0.4) is 0 Å². The summed E-state index contributed by atoms with van der Waals surface area (Å²) in [4.78, 5) is 14.9. The molecule has 0 aliphatic heterocycles. The van der Waals surface area contributed by atoms with Crippen LogP contribution in [0.5, 0.6) is 0 Å². The van der Waals surface area contributed by atoms with Crippen LogP contribution < -0.4 is 0 Å². The molecule has 1 aromatic carbocycles. The first kappa shape index (κ1) is 13.5. The molecule has 0 aliphatic rings. The van der Waals surface area contributed by atoms with Gasteiger partial charge in [0.2, 0.25) is 0 Å². The molecule has 1 heterocycles. The van der Waals surface area contributed by atoms with Crippen LogP contribution >= 0.6 is 11.8 Å². The fourth-order valence-electron chi connectivity index (χ4n) is 1.47. The third-order valence-corrected chi connectivity index (χ3v) is 3.45. The molecule has 6 heteroatoms. The summed E-state index contributed by atoms with van der Waals surface area (Å²) in [7, 11) is 0. The molecular weight excluding hydrogens is 272 g/mol. The highest BCUT2D eigenvalue weighted by Crippen LogP contribution is 2.25. The van der Waals surface area contributed by atoms with E-state index in [2.05, 4.69) is 4.98 Å². The van der Waals surface area contributed by atoms with Crippen LogP contribution in [0.4, 0.5) is 8.78 Å². The molecule has 0 fully saturated rings. The molecular formula is C13H9F2NO2S. The Balaban J connectivity index is 2.19. The maximum Gasteiger partial charge on any atom is 0.338 e. The zero-order valence-electron chi connectivity index (χ0n) is 9.64. The van der Waals surface area contributed by atoms with Gasteiger partial charge in [0.1, 0.15) is 5.03 Å². The van der Waals surface area contributed by atoms with Crippen molar-refractivity contribution in [2.24, 2.45) is 0 Å². The number of hydrogen-bond acceptors (Lipinski definition) is 3. The van der Waals surface area contributed by atoms with Crippen LogP contribution in [0.1, 0.15) is 15.9 Å². The summed E-state index contributed by atoms with van der Waals surface area (Å²) in [6.07, 6.45) is 1.46. The second kappa shape index (κ2) is 5.79. The lowest BCUT2D eigenvalue weighted by molar-refractivity contribution is 0.0692. The minimum Gasteiger partial charge on any atom is -0.478 e. The second-order valence-electron chi connectivity index (χ2n) is 3.66. The van der Waals surface area contributed by atoms with Gasteiger partial charge in [-0.15, -0.1) is 11.8 Å². The van der Waals surface area contributed by atoms with Gasteiger partial charge >= 0.3 is 5.97 Å². The number of benzene rings is 1. The summed E-state index contributed by atoms with van der Waals surface area (Å²) in [5.41, 5.74) is 0.219. The molecule has 2 rings (SSSR count). The fraction of sp³-hybridized carbons (Fsp3) is 0.0769. The molecule has 3 nitrogen and oxygen atoms in total. The van der Waals surface area contributed by atoms with E-state index in [4.69, 9.17) is 5.11 Å². The summed E-state index contributed by atoms with van der Waals surface area (Å²) in [5, 5.41) is 9.25. The van der Waals surface area contributed by atoms with Crippen molar-refractivity contribution in [2.45, 2.75) is 10.8 Å². The third-order valence-electron chi connectivity index (χ3n) is 2.40. The summed E-state index contributed by atoms with van der Waals surface area (Å²) < 4.78 is 26.5. The number of thioether (sulfide) groups is 1. The fourth-order valence-corrected chi connectivity index (χ4v) is 2.44. The molecule has 98 valence electrons. The average molecular weight is 281 g/mol. The highest BCUT2D eigenvalue weighted by Gasteiger charge is 2.13. The largest absolute Gasteiger partial charge is 0.478 e. The first-order valence-corrected chi connectivity index (χ1v) is 6.32. The first-order chi connectivity index (χ1) is 9.09. The Morgan fingerprint density at radius 1 is 1.26 bits per heavy atom. The van der Waals surface area contributed by atoms with E-state index >= 15 is 0 Å². The smallest absolute Gasteiger partial charge is 0.338 e. The Bertz CT molecular complexity index is 619. The van der Waals surface area contributed by atoms with Crippen molar-refractivity contribution in [3.05, 3.63) is 59.3 Å². The zero-order chi connectivity index (χ0) is 13.8. The molecule has 1 aromatic heterocycles. The minimum absolute atomic E-state index is 0.0457. The molecule has 0 amide bonds. The molecule has 0 bridgehead atoms. The number of pyridine rings is 1. The SMILES string of the molecule is O=C(O)c1cccnc1SCc1cccc(F)c1F. The van der Waals surface area contributed by atoms with E-state index < -0.39 is 17.6 Å². The highest BCUT2D eigenvalue weighted by atomic mass is 32.2. The van der Waals surface area contributed by atoms with Crippen molar-refractivity contribution in [3.8, 4) is 0 Å². The number of carbonyl (C=O) groups is 1. The van der Waals surface area contributed by atoms with Gasteiger partial charge in [-0.2, -0.15) is 0 Å². The van der Waals surface area contributed by atoms with Crippen LogP contribution in [0.25, 0.3) is 0 Å². The normalized spacial score (nSPS) is 10.4. The van der Waals surface area contributed by atoms with Gasteiger partial charge in [0.15, 0.2) is 11.6 Å². The molecule has 0 unspecified atom stereocenters. The molecule has 0 saturated carbocycles. The summed E-state index contributed by atoms with van der Waals surface area (Å²) in [5.74, 6) is -2.82. The van der Waals surface area contributed by atoms with Crippen molar-refractivity contribution in [2.75, 3.05) is 0 Å². The lowest BCUT2D eigenvalue weighted by Gasteiger charge is -2.05. The molecule has 2 aromatic rings. The number of aromatic carboxylic acids is 1. The van der Waals surface area contributed by atoms with Gasteiger partial charge in [-0.25, -0.2) is 18.6 Å². The van der Waals surface area contributed by atoms with Crippen LogP contribution in [-0.4, -0.2) is 16.1 Å². The maximum absolute atomic E-state index is 13.4. The minimum atomic E-state index is -1.10. The predicted octanol–water partition coefficient (Wildman–Crippen LogP) is 3.35. The quantitative estimate of drug-likeness (QED) is 0.873. The van der Waals surface area contributed by atoms with Gasteiger partial charge in [-0.3, -0.25) is 0 Å². The van der Waals surface area contributed by atoms with E-state index in [1.165, 1.54) is 30.5 Å². The zero-order valence-corrected chi connectivity index (χ0v) is 10.5. The predicted molar refractivity (Wildman–Crippen MR) is 67.1 cm³/mol. The lowest BCUT2D eigenvalue weighted by Crippen LogP contribution is -2.00. The van der Waals surface area contributed by atoms with Gasteiger partial charge in [0.25, 0.3) is 0 Å². The molecule has 19 heavy (non-hydrogen) atoms. The van der Waals surface area contributed by atoms with Gasteiger partial charge in [-0.1, -0.05) is 12.1 Å². The van der Waals surface area contributed by atoms with Crippen molar-refractivity contribution in [1.82, 2.24) is 4.98 Å². The Morgan fingerprint density at radius 3 is 2.79 bits per heavy atom. The van der Waals surface area contributed by atoms with Gasteiger partial charge in [-0.05, 0) is 18.2 Å². The van der Waals surface area contributed by atoms with Crippen molar-refractivity contribution < 1.29 is 18.7 Å². The van der Waals surface area contributed by atoms with Crippen molar-refractivity contribution in [1.29, 1.82) is 0 Å². The number of aromatic nitrogens is 1. The van der Waals surface area contributed by atoms with Crippen molar-refractivity contribution >= 4 is 17.7 Å². The Labute approximate surface area is 112 Å². The summed E-state index contributed by atoms with van der Waals surface area (Å²) >= 11 is 1.05. The van der Waals surface area contributed by atoms with E-state index in [0.29, 0.717) is 0 Å². The third kappa shape index (κ3) is 3.08. The average Bonchev–Trinajstić information content (AvgIpc) is 2.40. The summed E-state index contributed by atoms with van der Waals surface area (Å²) in [6, 6.07) is 6.82. The molecule has 1 N–H and O–H groups in total.